The molecule has 0 N–H and O–H groups in total. The molecule has 1 aromatic carbocycles. The molecule has 2 heterocycles. The van der Waals surface area contributed by atoms with E-state index < -0.39 is 0 Å². The first-order valence-corrected chi connectivity index (χ1v) is 13.8. The molecular weight excluding hydrogens is 420 g/mol. The van der Waals surface area contributed by atoms with Crippen molar-refractivity contribution >= 4 is 16.7 Å². The second-order valence-corrected chi connectivity index (χ2v) is 10.2. The maximum absolute atomic E-state index is 13.2. The summed E-state index contributed by atoms with van der Waals surface area (Å²) in [5, 5.41) is 0.902. The first kappa shape index (κ1) is 26.7. The van der Waals surface area contributed by atoms with Crippen molar-refractivity contribution in [2.45, 2.75) is 90.9 Å². The zero-order chi connectivity index (χ0) is 24.2. The van der Waals surface area contributed by atoms with Gasteiger partial charge in [-0.1, -0.05) is 65.2 Å². The summed E-state index contributed by atoms with van der Waals surface area (Å²) < 4.78 is 5.37. The van der Waals surface area contributed by atoms with Crippen LogP contribution >= 0.6 is 0 Å². The highest BCUT2D eigenvalue weighted by Crippen LogP contribution is 2.31. The van der Waals surface area contributed by atoms with Crippen LogP contribution in [0, 0.1) is 11.8 Å². The smallest absolute Gasteiger partial charge is 0.163 e. The van der Waals surface area contributed by atoms with E-state index in [9.17, 15) is 4.79 Å². The number of hydrogen-bond donors (Lipinski definition) is 0. The van der Waals surface area contributed by atoms with Crippen molar-refractivity contribution in [2.24, 2.45) is 11.8 Å². The summed E-state index contributed by atoms with van der Waals surface area (Å²) >= 11 is 0. The molecule has 2 aromatic rings. The van der Waals surface area contributed by atoms with Gasteiger partial charge >= 0.3 is 0 Å². The molecule has 3 rings (SSSR count). The number of nitrogens with zero attached hydrogens (tertiary/aromatic N) is 2. The Morgan fingerprint density at radius 3 is 2.53 bits per heavy atom. The van der Waals surface area contributed by atoms with Gasteiger partial charge < -0.3 is 9.64 Å². The van der Waals surface area contributed by atoms with E-state index in [-0.39, 0.29) is 5.78 Å². The van der Waals surface area contributed by atoms with E-state index in [2.05, 4.69) is 23.7 Å². The highest BCUT2D eigenvalue weighted by molar-refractivity contribution is 6.07. The van der Waals surface area contributed by atoms with E-state index in [0.29, 0.717) is 18.3 Å². The molecule has 0 bridgehead atoms. The topological polar surface area (TPSA) is 42.4 Å². The molecule has 1 aliphatic heterocycles. The van der Waals surface area contributed by atoms with Crippen molar-refractivity contribution in [3.8, 4) is 5.75 Å². The van der Waals surface area contributed by atoms with E-state index in [1.165, 1.54) is 83.8 Å². The number of ketones is 1. The number of ether oxygens (including phenoxy) is 1. The van der Waals surface area contributed by atoms with Crippen molar-refractivity contribution in [2.75, 3.05) is 26.7 Å². The third-order valence-electron chi connectivity index (χ3n) is 7.82. The number of pyridine rings is 1. The minimum Gasteiger partial charge on any atom is -0.497 e. The fourth-order valence-corrected chi connectivity index (χ4v) is 5.62. The average Bonchev–Trinajstić information content (AvgIpc) is 2.88. The molecule has 0 aliphatic carbocycles. The van der Waals surface area contributed by atoms with Crippen LogP contribution in [0.2, 0.25) is 0 Å². The lowest BCUT2D eigenvalue weighted by atomic mass is 9.80. The molecule has 1 aromatic heterocycles. The number of benzene rings is 1. The third kappa shape index (κ3) is 7.80. The molecule has 4 heteroatoms. The zero-order valence-electron chi connectivity index (χ0n) is 21.9. The quantitative estimate of drug-likeness (QED) is 0.199. The lowest BCUT2D eigenvalue weighted by Gasteiger charge is -2.38. The molecule has 34 heavy (non-hydrogen) atoms. The lowest BCUT2D eigenvalue weighted by molar-refractivity contribution is 0.0899. The Bertz CT molecular complexity index is 881. The van der Waals surface area contributed by atoms with Crippen LogP contribution in [-0.2, 0) is 0 Å². The number of unbranched alkanes of at least 4 members (excludes halogenated alkanes) is 7. The average molecular weight is 467 g/mol. The maximum atomic E-state index is 13.2. The summed E-state index contributed by atoms with van der Waals surface area (Å²) in [5.41, 5.74) is 1.64. The van der Waals surface area contributed by atoms with Gasteiger partial charge in [0.25, 0.3) is 0 Å². The Labute approximate surface area is 207 Å². The molecule has 0 saturated carbocycles. The van der Waals surface area contributed by atoms with Crippen LogP contribution in [0.4, 0.5) is 0 Å². The van der Waals surface area contributed by atoms with Crippen LogP contribution in [0.15, 0.2) is 30.5 Å². The van der Waals surface area contributed by atoms with Gasteiger partial charge in [0.05, 0.1) is 12.6 Å². The minimum atomic E-state index is 0.233. The van der Waals surface area contributed by atoms with Gasteiger partial charge in [-0.15, -0.1) is 0 Å². The Morgan fingerprint density at radius 1 is 1.03 bits per heavy atom. The van der Waals surface area contributed by atoms with Crippen LogP contribution in [0.25, 0.3) is 10.9 Å². The predicted octanol–water partition coefficient (Wildman–Crippen LogP) is 7.70. The number of likely N-dealkylation sites (tertiary alicyclic amines) is 1. The molecular formula is C30H46N2O2. The summed E-state index contributed by atoms with van der Waals surface area (Å²) in [6.45, 7) is 8.26. The summed E-state index contributed by atoms with van der Waals surface area (Å²) in [5.74, 6) is 2.37. The minimum absolute atomic E-state index is 0.233. The monoisotopic (exact) mass is 466 g/mol. The number of piperidine rings is 1. The fraction of sp³-hybridized carbons (Fsp3) is 0.667. The highest BCUT2D eigenvalue weighted by Gasteiger charge is 2.28. The van der Waals surface area contributed by atoms with Gasteiger partial charge in [-0.2, -0.15) is 0 Å². The number of rotatable bonds is 15. The Balaban J connectivity index is 1.43. The Morgan fingerprint density at radius 2 is 1.79 bits per heavy atom. The number of hydrogen-bond acceptors (Lipinski definition) is 4. The number of carbonyl (C=O) groups is 1. The second-order valence-electron chi connectivity index (χ2n) is 10.2. The van der Waals surface area contributed by atoms with Gasteiger partial charge in [0.2, 0.25) is 0 Å². The van der Waals surface area contributed by atoms with E-state index in [0.717, 1.165) is 28.6 Å². The summed E-state index contributed by atoms with van der Waals surface area (Å²) in [7, 11) is 1.66. The van der Waals surface area contributed by atoms with E-state index in [1.807, 2.05) is 24.3 Å². The molecule has 2 unspecified atom stereocenters. The summed E-state index contributed by atoms with van der Waals surface area (Å²) in [6.07, 6.45) is 16.9. The van der Waals surface area contributed by atoms with E-state index >= 15 is 0 Å². The van der Waals surface area contributed by atoms with Crippen molar-refractivity contribution in [3.05, 3.63) is 36.0 Å². The molecule has 4 nitrogen and oxygen atoms in total. The second kappa shape index (κ2) is 14.5. The van der Waals surface area contributed by atoms with Crippen LogP contribution < -0.4 is 4.74 Å². The first-order valence-electron chi connectivity index (χ1n) is 13.8. The van der Waals surface area contributed by atoms with E-state index in [4.69, 9.17) is 4.74 Å². The fourth-order valence-electron chi connectivity index (χ4n) is 5.62. The standard InChI is InChI=1S/C30H46N2O2/c1-4-6-7-8-9-10-11-12-20-32-21-18-25(24(5-2)23-32)13-16-30(33)27-17-19-31-29-15-14-26(34-3)22-28(27)29/h14-15,17,19,22,24-25H,4-13,16,18,20-21,23H2,1-3H3. The number of carbonyl (C=O) groups excluding carboxylic acids is 1. The molecule has 1 saturated heterocycles. The van der Waals surface area contributed by atoms with Crippen molar-refractivity contribution in [3.63, 3.8) is 0 Å². The lowest BCUT2D eigenvalue weighted by Crippen LogP contribution is -2.40. The molecule has 0 amide bonds. The number of Topliss-reactive ketones (excluding diaryl/α,β-unsaturated/α-hetero) is 1. The molecule has 0 radical (unpaired) electrons. The SMILES string of the molecule is CCCCCCCCCCN1CCC(CCC(=O)c2ccnc3ccc(OC)cc23)C(CC)C1. The van der Waals surface area contributed by atoms with Crippen LogP contribution in [0.5, 0.6) is 5.75 Å². The number of aromatic nitrogens is 1. The first-order chi connectivity index (χ1) is 16.7. The third-order valence-corrected chi connectivity index (χ3v) is 7.82. The van der Waals surface area contributed by atoms with Crippen LogP contribution in [0.1, 0.15) is 101 Å². The maximum Gasteiger partial charge on any atom is 0.163 e. The summed E-state index contributed by atoms with van der Waals surface area (Å²) in [4.78, 5) is 20.3. The normalized spacial score (nSPS) is 18.9. The Kier molecular flexibility index (Phi) is 11.3. The van der Waals surface area contributed by atoms with Crippen molar-refractivity contribution in [1.29, 1.82) is 0 Å². The molecule has 1 fully saturated rings. The van der Waals surface area contributed by atoms with Gasteiger partial charge in [-0.25, -0.2) is 0 Å². The number of fused-ring (bicyclic) bond motifs is 1. The highest BCUT2D eigenvalue weighted by atomic mass is 16.5. The largest absolute Gasteiger partial charge is 0.497 e. The van der Waals surface area contributed by atoms with Gasteiger partial charge in [0.1, 0.15) is 5.75 Å². The molecule has 2 atom stereocenters. The van der Waals surface area contributed by atoms with Crippen LogP contribution in [0.3, 0.4) is 0 Å². The van der Waals surface area contributed by atoms with Gasteiger partial charge in [-0.05, 0) is 68.5 Å². The number of methoxy groups -OCH3 is 1. The molecule has 1 aliphatic rings. The van der Waals surface area contributed by atoms with Crippen molar-refractivity contribution in [1.82, 2.24) is 9.88 Å². The van der Waals surface area contributed by atoms with Crippen LogP contribution in [-0.4, -0.2) is 42.4 Å². The predicted molar refractivity (Wildman–Crippen MR) is 143 cm³/mol. The Hall–Kier alpha value is -1.94. The molecule has 0 spiro atoms. The van der Waals surface area contributed by atoms with Gasteiger partial charge in [0, 0.05) is 30.1 Å². The zero-order valence-corrected chi connectivity index (χ0v) is 21.9. The van der Waals surface area contributed by atoms with E-state index in [1.54, 1.807) is 13.3 Å². The molecule has 188 valence electrons. The summed E-state index contributed by atoms with van der Waals surface area (Å²) in [6, 6.07) is 7.64. The van der Waals surface area contributed by atoms with Gasteiger partial charge in [0.15, 0.2) is 5.78 Å². The van der Waals surface area contributed by atoms with Crippen molar-refractivity contribution < 1.29 is 9.53 Å². The van der Waals surface area contributed by atoms with Gasteiger partial charge in [-0.3, -0.25) is 9.78 Å².